The van der Waals surface area contributed by atoms with Gasteiger partial charge in [-0.1, -0.05) is 23.5 Å². The number of ether oxygens (including phenoxy) is 1. The fourth-order valence-electron chi connectivity index (χ4n) is 4.17. The molecule has 3 aliphatic heterocycles. The first-order valence-corrected chi connectivity index (χ1v) is 10.8. The van der Waals surface area contributed by atoms with Crippen molar-refractivity contribution >= 4 is 34.2 Å². The van der Waals surface area contributed by atoms with Gasteiger partial charge in [-0.2, -0.15) is 4.98 Å². The molecule has 2 amide bonds. The molecule has 5 heterocycles. The normalized spacial score (nSPS) is 20.2. The number of pyridine rings is 1. The summed E-state index contributed by atoms with van der Waals surface area (Å²) in [4.78, 5) is 32.9. The number of hydrogen-bond donors (Lipinski definition) is 2. The summed E-state index contributed by atoms with van der Waals surface area (Å²) in [5, 5.41) is 7.49. The van der Waals surface area contributed by atoms with E-state index in [0.29, 0.717) is 16.9 Å². The predicted octanol–water partition coefficient (Wildman–Crippen LogP) is 2.91. The molecule has 2 bridgehead atoms. The zero-order chi connectivity index (χ0) is 21.8. The van der Waals surface area contributed by atoms with E-state index in [1.54, 1.807) is 6.20 Å². The third-order valence-electron chi connectivity index (χ3n) is 5.59. The molecule has 2 atom stereocenters. The molecule has 0 unspecified atom stereocenters. The number of aromatic nitrogens is 2. The van der Waals surface area contributed by atoms with Crippen LogP contribution >= 0.6 is 11.3 Å². The van der Waals surface area contributed by atoms with Gasteiger partial charge in [0, 0.05) is 37.9 Å². The summed E-state index contributed by atoms with van der Waals surface area (Å²) < 4.78 is 6.91. The summed E-state index contributed by atoms with van der Waals surface area (Å²) in [6.07, 6.45) is 3.91. The number of thiazole rings is 1. The predicted molar refractivity (Wildman–Crippen MR) is 116 cm³/mol. The van der Waals surface area contributed by atoms with Crippen LogP contribution in [0, 0.1) is 0 Å². The van der Waals surface area contributed by atoms with E-state index in [1.165, 1.54) is 16.9 Å². The second-order valence-corrected chi connectivity index (χ2v) is 8.45. The Kier molecular flexibility index (Phi) is 6.28. The van der Waals surface area contributed by atoms with Gasteiger partial charge in [-0.3, -0.25) is 9.69 Å². The van der Waals surface area contributed by atoms with Gasteiger partial charge in [0.2, 0.25) is 0 Å². The Bertz CT molecular complexity index is 1020. The lowest BCUT2D eigenvalue weighted by Crippen LogP contribution is -2.64. The van der Waals surface area contributed by atoms with Crippen molar-refractivity contribution in [1.82, 2.24) is 19.8 Å². The number of primary amides is 1. The number of piperazine rings is 1. The summed E-state index contributed by atoms with van der Waals surface area (Å²) in [7, 11) is 0. The van der Waals surface area contributed by atoms with E-state index in [0.717, 1.165) is 42.9 Å². The maximum atomic E-state index is 11.6. The summed E-state index contributed by atoms with van der Waals surface area (Å²) in [6, 6.07) is 12.4. The Morgan fingerprint density at radius 3 is 2.61 bits per heavy atom. The molecule has 9 nitrogen and oxygen atoms in total. The number of nitrogens with two attached hydrogens (primary N) is 1. The third kappa shape index (κ3) is 4.75. The van der Waals surface area contributed by atoms with E-state index in [-0.39, 0.29) is 18.5 Å². The second-order valence-electron chi connectivity index (χ2n) is 7.46. The summed E-state index contributed by atoms with van der Waals surface area (Å²) in [6.45, 7) is 2.26. The third-order valence-corrected chi connectivity index (χ3v) is 6.47. The van der Waals surface area contributed by atoms with Gasteiger partial charge in [0.25, 0.3) is 11.7 Å². The molecule has 6 rings (SSSR count). The van der Waals surface area contributed by atoms with Crippen LogP contribution in [-0.4, -0.2) is 62.6 Å². The molecule has 1 aromatic carbocycles. The van der Waals surface area contributed by atoms with Crippen molar-refractivity contribution in [2.75, 3.05) is 13.1 Å². The van der Waals surface area contributed by atoms with E-state index < -0.39 is 0 Å². The molecular formula is C21H23N5O4S. The number of urea groups is 1. The fourth-order valence-corrected chi connectivity index (χ4v) is 4.96. The fraction of sp³-hybridized carbons (Fsp3) is 0.333. The molecule has 3 fully saturated rings. The van der Waals surface area contributed by atoms with Crippen LogP contribution in [0.2, 0.25) is 0 Å². The standard InChI is InChI=1S/C20H21N5O2S.CH2O2/c21-19(26)25-12-14-5-6-15(25)11-24(14)10-13-3-7-16(8-4-13)27-20-23-18-17(28-20)2-1-9-22-18;2-1-3/h1-4,7-9,14-15H,5-6,10-12H2,(H2,21,26);1H,(H,2,3)/t14-,15-;/m0./s1. The minimum absolute atomic E-state index is 0.248. The molecule has 0 aliphatic carbocycles. The average molecular weight is 442 g/mol. The smallest absolute Gasteiger partial charge is 0.315 e. The molecule has 162 valence electrons. The molecule has 0 saturated carbocycles. The number of benzene rings is 1. The molecule has 3 aromatic rings. The van der Waals surface area contributed by atoms with Gasteiger partial charge < -0.3 is 20.5 Å². The van der Waals surface area contributed by atoms with Crippen molar-refractivity contribution in [3.63, 3.8) is 0 Å². The monoisotopic (exact) mass is 441 g/mol. The first kappa shape index (κ1) is 21.0. The van der Waals surface area contributed by atoms with Crippen LogP contribution in [-0.2, 0) is 11.3 Å². The van der Waals surface area contributed by atoms with E-state index in [2.05, 4.69) is 27.0 Å². The number of piperidine rings is 2. The molecule has 10 heteroatoms. The van der Waals surface area contributed by atoms with Crippen molar-refractivity contribution in [1.29, 1.82) is 0 Å². The van der Waals surface area contributed by atoms with Crippen LogP contribution in [0.1, 0.15) is 18.4 Å². The Morgan fingerprint density at radius 2 is 1.97 bits per heavy atom. The lowest BCUT2D eigenvalue weighted by atomic mass is 9.90. The van der Waals surface area contributed by atoms with E-state index in [4.69, 9.17) is 20.4 Å². The van der Waals surface area contributed by atoms with Crippen molar-refractivity contribution < 1.29 is 19.4 Å². The maximum Gasteiger partial charge on any atom is 0.315 e. The molecule has 2 aromatic heterocycles. The minimum Gasteiger partial charge on any atom is -0.483 e. The lowest BCUT2D eigenvalue weighted by Gasteiger charge is -2.51. The molecule has 3 N–H and O–H groups in total. The Hall–Kier alpha value is -3.24. The van der Waals surface area contributed by atoms with Crippen LogP contribution in [0.5, 0.6) is 10.9 Å². The van der Waals surface area contributed by atoms with Crippen LogP contribution in [0.4, 0.5) is 4.79 Å². The van der Waals surface area contributed by atoms with Gasteiger partial charge >= 0.3 is 6.03 Å². The maximum absolute atomic E-state index is 11.6. The molecule has 3 saturated heterocycles. The lowest BCUT2D eigenvalue weighted by molar-refractivity contribution is -0.122. The average Bonchev–Trinajstić information content (AvgIpc) is 3.18. The quantitative estimate of drug-likeness (QED) is 0.597. The van der Waals surface area contributed by atoms with Gasteiger partial charge in [0.1, 0.15) is 5.75 Å². The number of hydrogen-bond acceptors (Lipinski definition) is 7. The first-order valence-electron chi connectivity index (χ1n) is 9.93. The summed E-state index contributed by atoms with van der Waals surface area (Å²) in [5.41, 5.74) is 7.45. The number of rotatable bonds is 4. The van der Waals surface area contributed by atoms with E-state index in [9.17, 15) is 4.79 Å². The van der Waals surface area contributed by atoms with Crippen LogP contribution in [0.15, 0.2) is 42.6 Å². The number of carboxylic acid groups (broad SMARTS) is 1. The van der Waals surface area contributed by atoms with Crippen molar-refractivity contribution in [3.05, 3.63) is 48.2 Å². The number of carbonyl (C=O) groups is 2. The van der Waals surface area contributed by atoms with Crippen molar-refractivity contribution in [3.8, 4) is 10.9 Å². The SMILES string of the molecule is NC(=O)N1C[C@@H]2CC[C@H]1CN2Cc1ccc(Oc2nc3ncccc3s2)cc1.O=CO. The molecular weight excluding hydrogens is 418 g/mol. The molecule has 31 heavy (non-hydrogen) atoms. The zero-order valence-corrected chi connectivity index (χ0v) is 17.6. The Labute approximate surface area is 183 Å². The first-order chi connectivity index (χ1) is 15.1. The number of nitrogens with zero attached hydrogens (tertiary/aromatic N) is 4. The highest BCUT2D eigenvalue weighted by Crippen LogP contribution is 2.32. The summed E-state index contributed by atoms with van der Waals surface area (Å²) >= 11 is 1.49. The van der Waals surface area contributed by atoms with Crippen molar-refractivity contribution in [2.45, 2.75) is 31.5 Å². The molecule has 3 aliphatic rings. The number of fused-ring (bicyclic) bond motifs is 4. The number of carbonyl (C=O) groups excluding carboxylic acids is 1. The Balaban J connectivity index is 0.000000730. The van der Waals surface area contributed by atoms with Gasteiger partial charge in [-0.05, 0) is 42.7 Å². The van der Waals surface area contributed by atoms with E-state index >= 15 is 0 Å². The highest BCUT2D eigenvalue weighted by molar-refractivity contribution is 7.20. The van der Waals surface area contributed by atoms with Gasteiger partial charge in [-0.15, -0.1) is 0 Å². The van der Waals surface area contributed by atoms with Gasteiger partial charge in [-0.25, -0.2) is 9.78 Å². The minimum atomic E-state index is -0.291. The van der Waals surface area contributed by atoms with Gasteiger partial charge in [0.05, 0.1) is 4.70 Å². The Morgan fingerprint density at radius 1 is 1.23 bits per heavy atom. The van der Waals surface area contributed by atoms with Crippen molar-refractivity contribution in [2.24, 2.45) is 5.73 Å². The largest absolute Gasteiger partial charge is 0.483 e. The van der Waals surface area contributed by atoms with Crippen LogP contribution in [0.3, 0.4) is 0 Å². The van der Waals surface area contributed by atoms with Crippen LogP contribution in [0.25, 0.3) is 10.3 Å². The van der Waals surface area contributed by atoms with E-state index in [1.807, 2.05) is 29.2 Å². The topological polar surface area (TPSA) is 122 Å². The van der Waals surface area contributed by atoms with Gasteiger partial charge in [0.15, 0.2) is 5.65 Å². The highest BCUT2D eigenvalue weighted by Gasteiger charge is 2.40. The second kappa shape index (κ2) is 9.27. The zero-order valence-electron chi connectivity index (χ0n) is 16.8. The molecule has 0 radical (unpaired) electrons. The summed E-state index contributed by atoms with van der Waals surface area (Å²) in [5.74, 6) is 0.767. The highest BCUT2D eigenvalue weighted by atomic mass is 32.1. The number of amides is 2. The van der Waals surface area contributed by atoms with Crippen LogP contribution < -0.4 is 10.5 Å². The molecule has 0 spiro atoms.